The van der Waals surface area contributed by atoms with Crippen molar-refractivity contribution in [1.29, 1.82) is 5.26 Å². The molecule has 0 fully saturated rings. The summed E-state index contributed by atoms with van der Waals surface area (Å²) in [6.07, 6.45) is 1.37. The monoisotopic (exact) mass is 272 g/mol. The first kappa shape index (κ1) is 13.5. The zero-order valence-electron chi connectivity index (χ0n) is 10.2. The number of rotatable bonds is 3. The summed E-state index contributed by atoms with van der Waals surface area (Å²) >= 11 is 0. The van der Waals surface area contributed by atoms with Crippen LogP contribution in [0.2, 0.25) is 0 Å². The van der Waals surface area contributed by atoms with Crippen LogP contribution >= 0.6 is 0 Å². The number of halogens is 1. The molecule has 5 nitrogen and oxygen atoms in total. The van der Waals surface area contributed by atoms with E-state index in [-0.39, 0.29) is 23.2 Å². The first-order chi connectivity index (χ1) is 9.52. The molecule has 20 heavy (non-hydrogen) atoms. The molecule has 0 radical (unpaired) electrons. The third-order valence-electron chi connectivity index (χ3n) is 2.77. The Labute approximate surface area is 113 Å². The van der Waals surface area contributed by atoms with Crippen molar-refractivity contribution in [2.75, 3.05) is 0 Å². The Morgan fingerprint density at radius 1 is 1.40 bits per heavy atom. The molecule has 6 heteroatoms. The fourth-order valence-electron chi connectivity index (χ4n) is 1.77. The summed E-state index contributed by atoms with van der Waals surface area (Å²) in [5.74, 6) is -1.90. The summed E-state index contributed by atoms with van der Waals surface area (Å²) in [5.41, 5.74) is -0.691. The summed E-state index contributed by atoms with van der Waals surface area (Å²) in [5, 5.41) is 17.6. The topological polar surface area (TPSA) is 83.1 Å². The Morgan fingerprint density at radius 3 is 2.80 bits per heavy atom. The molecule has 0 spiro atoms. The standard InChI is InChI=1S/C14H9FN2O3/c15-12-4-3-9(7-16)6-10(12)8-17-5-1-2-11(13(17)18)14(19)20/h1-6H,8H2,(H,19,20). The Hall–Kier alpha value is -2.94. The molecule has 0 aliphatic rings. The van der Waals surface area contributed by atoms with Gasteiger partial charge in [-0.2, -0.15) is 5.26 Å². The van der Waals surface area contributed by atoms with Crippen molar-refractivity contribution >= 4 is 5.97 Å². The molecular formula is C14H9FN2O3. The quantitative estimate of drug-likeness (QED) is 0.920. The highest BCUT2D eigenvalue weighted by Gasteiger charge is 2.12. The van der Waals surface area contributed by atoms with E-state index in [2.05, 4.69) is 0 Å². The van der Waals surface area contributed by atoms with Gasteiger partial charge in [-0.1, -0.05) is 0 Å². The molecule has 2 aromatic rings. The molecule has 1 aromatic heterocycles. The maximum Gasteiger partial charge on any atom is 0.341 e. The molecule has 0 saturated carbocycles. The van der Waals surface area contributed by atoms with Crippen LogP contribution in [0.3, 0.4) is 0 Å². The maximum atomic E-state index is 13.6. The summed E-state index contributed by atoms with van der Waals surface area (Å²) in [7, 11) is 0. The van der Waals surface area contributed by atoms with E-state index in [1.54, 1.807) is 0 Å². The van der Waals surface area contributed by atoms with Crippen LogP contribution in [0.1, 0.15) is 21.5 Å². The van der Waals surface area contributed by atoms with Gasteiger partial charge in [0.05, 0.1) is 18.2 Å². The predicted molar refractivity (Wildman–Crippen MR) is 67.9 cm³/mol. The predicted octanol–water partition coefficient (Wildman–Crippen LogP) is 1.61. The van der Waals surface area contributed by atoms with E-state index in [1.807, 2.05) is 6.07 Å². The van der Waals surface area contributed by atoms with Gasteiger partial charge in [0.15, 0.2) is 0 Å². The summed E-state index contributed by atoms with van der Waals surface area (Å²) in [6, 6.07) is 8.26. The van der Waals surface area contributed by atoms with Gasteiger partial charge in [-0.15, -0.1) is 0 Å². The van der Waals surface area contributed by atoms with Crippen LogP contribution in [-0.2, 0) is 6.54 Å². The largest absolute Gasteiger partial charge is 0.477 e. The third-order valence-corrected chi connectivity index (χ3v) is 2.77. The number of aromatic carboxylic acids is 1. The molecule has 2 rings (SSSR count). The SMILES string of the molecule is N#Cc1ccc(F)c(Cn2cccc(C(=O)O)c2=O)c1. The Morgan fingerprint density at radius 2 is 2.15 bits per heavy atom. The molecule has 1 heterocycles. The molecule has 0 amide bonds. The van der Waals surface area contributed by atoms with E-state index in [1.165, 1.54) is 30.5 Å². The van der Waals surface area contributed by atoms with Gasteiger partial charge in [-0.05, 0) is 30.3 Å². The number of carboxylic acid groups (broad SMARTS) is 1. The summed E-state index contributed by atoms with van der Waals surface area (Å²) in [4.78, 5) is 22.7. The van der Waals surface area contributed by atoms with E-state index < -0.39 is 17.3 Å². The maximum absolute atomic E-state index is 13.6. The Balaban J connectivity index is 2.46. The molecule has 100 valence electrons. The number of nitrogens with zero attached hydrogens (tertiary/aromatic N) is 2. The number of hydrogen-bond acceptors (Lipinski definition) is 3. The lowest BCUT2D eigenvalue weighted by atomic mass is 10.1. The fraction of sp³-hybridized carbons (Fsp3) is 0.0714. The molecule has 0 aliphatic heterocycles. The minimum Gasteiger partial charge on any atom is -0.477 e. The number of carbonyl (C=O) groups is 1. The van der Waals surface area contributed by atoms with E-state index in [0.29, 0.717) is 0 Å². The fourth-order valence-corrected chi connectivity index (χ4v) is 1.77. The molecule has 1 N–H and O–H groups in total. The van der Waals surface area contributed by atoms with E-state index in [4.69, 9.17) is 10.4 Å². The number of benzene rings is 1. The van der Waals surface area contributed by atoms with Crippen LogP contribution in [-0.4, -0.2) is 15.6 Å². The van der Waals surface area contributed by atoms with Crippen molar-refractivity contribution < 1.29 is 14.3 Å². The minimum absolute atomic E-state index is 0.138. The zero-order valence-corrected chi connectivity index (χ0v) is 10.2. The van der Waals surface area contributed by atoms with Crippen molar-refractivity contribution in [3.63, 3.8) is 0 Å². The first-order valence-electron chi connectivity index (χ1n) is 5.64. The van der Waals surface area contributed by atoms with Crippen LogP contribution in [0.4, 0.5) is 4.39 Å². The Kier molecular flexibility index (Phi) is 3.62. The summed E-state index contributed by atoms with van der Waals surface area (Å²) < 4.78 is 14.7. The van der Waals surface area contributed by atoms with Crippen LogP contribution < -0.4 is 5.56 Å². The molecule has 0 atom stereocenters. The normalized spacial score (nSPS) is 10.0. The van der Waals surface area contributed by atoms with Gasteiger partial charge >= 0.3 is 5.97 Å². The molecule has 0 aliphatic carbocycles. The lowest BCUT2D eigenvalue weighted by molar-refractivity contribution is 0.0694. The smallest absolute Gasteiger partial charge is 0.341 e. The zero-order chi connectivity index (χ0) is 14.7. The third kappa shape index (κ3) is 2.57. The van der Waals surface area contributed by atoms with Gasteiger partial charge in [-0.3, -0.25) is 4.79 Å². The van der Waals surface area contributed by atoms with E-state index >= 15 is 0 Å². The van der Waals surface area contributed by atoms with Crippen molar-refractivity contribution in [1.82, 2.24) is 4.57 Å². The molecule has 1 aromatic carbocycles. The van der Waals surface area contributed by atoms with Crippen molar-refractivity contribution in [3.8, 4) is 6.07 Å². The second-order valence-electron chi connectivity index (χ2n) is 4.08. The van der Waals surface area contributed by atoms with Crippen molar-refractivity contribution in [2.45, 2.75) is 6.54 Å². The number of pyridine rings is 1. The highest BCUT2D eigenvalue weighted by atomic mass is 19.1. The highest BCUT2D eigenvalue weighted by molar-refractivity contribution is 5.86. The number of aromatic nitrogens is 1. The van der Waals surface area contributed by atoms with E-state index in [0.717, 1.165) is 10.6 Å². The minimum atomic E-state index is -1.34. The molecule has 0 bridgehead atoms. The lowest BCUT2D eigenvalue weighted by Gasteiger charge is -2.08. The molecular weight excluding hydrogens is 263 g/mol. The second-order valence-corrected chi connectivity index (χ2v) is 4.08. The van der Waals surface area contributed by atoms with Crippen LogP contribution in [0.15, 0.2) is 41.3 Å². The van der Waals surface area contributed by atoms with E-state index in [9.17, 15) is 14.0 Å². The van der Waals surface area contributed by atoms with Gasteiger partial charge in [0, 0.05) is 11.8 Å². The molecule has 0 unspecified atom stereocenters. The van der Waals surface area contributed by atoms with Crippen molar-refractivity contribution in [3.05, 3.63) is 69.4 Å². The highest BCUT2D eigenvalue weighted by Crippen LogP contribution is 2.11. The summed E-state index contributed by atoms with van der Waals surface area (Å²) in [6.45, 7) is -0.138. The number of nitriles is 1. The number of carboxylic acids is 1. The first-order valence-corrected chi connectivity index (χ1v) is 5.64. The average molecular weight is 272 g/mol. The van der Waals surface area contributed by atoms with Gasteiger partial charge in [-0.25, -0.2) is 9.18 Å². The van der Waals surface area contributed by atoms with Crippen molar-refractivity contribution in [2.24, 2.45) is 0 Å². The van der Waals surface area contributed by atoms with Gasteiger partial charge in [0.2, 0.25) is 0 Å². The van der Waals surface area contributed by atoms with Gasteiger partial charge in [0.25, 0.3) is 5.56 Å². The van der Waals surface area contributed by atoms with Crippen LogP contribution in [0.25, 0.3) is 0 Å². The lowest BCUT2D eigenvalue weighted by Crippen LogP contribution is -2.26. The van der Waals surface area contributed by atoms with Gasteiger partial charge in [0.1, 0.15) is 11.4 Å². The van der Waals surface area contributed by atoms with Crippen LogP contribution in [0.5, 0.6) is 0 Å². The molecule has 0 saturated heterocycles. The second kappa shape index (κ2) is 5.36. The van der Waals surface area contributed by atoms with Gasteiger partial charge < -0.3 is 9.67 Å². The number of hydrogen-bond donors (Lipinski definition) is 1. The van der Waals surface area contributed by atoms with Crippen LogP contribution in [0, 0.1) is 17.1 Å². The average Bonchev–Trinajstić information content (AvgIpc) is 2.43. The Bertz CT molecular complexity index is 775.